The van der Waals surface area contributed by atoms with E-state index in [1.54, 1.807) is 97.8 Å². The molecule has 1 aliphatic heterocycles. The summed E-state index contributed by atoms with van der Waals surface area (Å²) < 4.78 is 84.9. The first-order chi connectivity index (χ1) is 27.3. The van der Waals surface area contributed by atoms with Crippen LogP contribution in [-0.2, 0) is 42.9 Å². The highest BCUT2D eigenvalue weighted by molar-refractivity contribution is 5.78. The third-order valence-corrected chi connectivity index (χ3v) is 8.59. The number of hydrogen-bond donors (Lipinski definition) is 0. The van der Waals surface area contributed by atoms with Gasteiger partial charge >= 0.3 is 29.8 Å². The molecule has 0 spiro atoms. The first-order valence-corrected chi connectivity index (χ1v) is 20.2. The maximum atomic E-state index is 14.8. The van der Waals surface area contributed by atoms with E-state index in [4.69, 9.17) is 23.7 Å². The van der Waals surface area contributed by atoms with E-state index in [1.165, 1.54) is 0 Å². The van der Waals surface area contributed by atoms with Crippen LogP contribution >= 0.6 is 0 Å². The van der Waals surface area contributed by atoms with Gasteiger partial charge in [-0.25, -0.2) is 13.2 Å². The highest BCUT2D eigenvalue weighted by Crippen LogP contribution is 2.30. The van der Waals surface area contributed by atoms with Gasteiger partial charge in [0.25, 0.3) is 0 Å². The number of benzene rings is 1. The number of nitrogens with zero attached hydrogens (tertiary/aromatic N) is 4. The minimum Gasteiger partial charge on any atom is -0.459 e. The Morgan fingerprint density at radius 2 is 0.850 bits per heavy atom. The molecule has 60 heavy (non-hydrogen) atoms. The predicted octanol–water partition coefficient (Wildman–Crippen LogP) is 5.19. The molecule has 18 heteroatoms. The van der Waals surface area contributed by atoms with Gasteiger partial charge in [0.15, 0.2) is 17.5 Å². The summed E-state index contributed by atoms with van der Waals surface area (Å²) in [6.45, 7) is 22.8. The lowest BCUT2D eigenvalue weighted by Crippen LogP contribution is -2.53. The van der Waals surface area contributed by atoms with Gasteiger partial charge in [-0.2, -0.15) is 4.39 Å². The van der Waals surface area contributed by atoms with Gasteiger partial charge < -0.3 is 23.7 Å². The smallest absolute Gasteiger partial charge is 0.323 e. The summed E-state index contributed by atoms with van der Waals surface area (Å²) in [5.41, 5.74) is -4.17. The van der Waals surface area contributed by atoms with Crippen molar-refractivity contribution in [3.8, 4) is 5.75 Å². The molecule has 1 heterocycles. The maximum Gasteiger partial charge on any atom is 0.323 e. The minimum absolute atomic E-state index is 0.0707. The van der Waals surface area contributed by atoms with Crippen LogP contribution < -0.4 is 4.74 Å². The van der Waals surface area contributed by atoms with Crippen LogP contribution in [0.5, 0.6) is 5.75 Å². The Hall–Kier alpha value is -3.87. The lowest BCUT2D eigenvalue weighted by atomic mass is 10.1. The van der Waals surface area contributed by atoms with E-state index in [9.17, 15) is 41.5 Å². The fourth-order valence-electron chi connectivity index (χ4n) is 6.06. The molecule has 1 saturated heterocycles. The second kappa shape index (κ2) is 21.8. The zero-order chi connectivity index (χ0) is 46.0. The Morgan fingerprint density at radius 3 is 1.20 bits per heavy atom. The van der Waals surface area contributed by atoms with Crippen molar-refractivity contribution in [3.05, 3.63) is 28.8 Å². The van der Waals surface area contributed by atoms with Crippen molar-refractivity contribution < 1.29 is 65.2 Å². The topological polar surface area (TPSA) is 144 Å². The fourth-order valence-corrected chi connectivity index (χ4v) is 6.06. The van der Waals surface area contributed by atoms with Crippen LogP contribution in [0.1, 0.15) is 101 Å². The molecule has 0 aliphatic carbocycles. The van der Waals surface area contributed by atoms with Crippen molar-refractivity contribution in [1.82, 2.24) is 19.6 Å². The minimum atomic E-state index is -2.02. The third kappa shape index (κ3) is 19.2. The molecular weight excluding hydrogens is 796 g/mol. The Balaban J connectivity index is 2.57. The van der Waals surface area contributed by atoms with Gasteiger partial charge in [0.05, 0.1) is 19.6 Å². The second-order valence-electron chi connectivity index (χ2n) is 18.9. The molecule has 342 valence electrons. The molecular formula is C42H66F4N4O10. The van der Waals surface area contributed by atoms with E-state index < -0.39 is 99.3 Å². The standard InChI is InChI=1S/C42H66F4N4O10/c1-27-33(43)35(45)36(46)37(34(27)44)56-29(51)15-14-28(38(55)60-42(11,12)13)50-22-20-48(25-31(53)58-40(5,6)7)18-16-47(24-30(52)57-39(2,3)4)17-19-49(21-23-50)26-32(54)59-41(8,9)10/h28H,14-26H2,1-13H3/t28-/m1/s1. The molecule has 0 N–H and O–H groups in total. The Labute approximate surface area is 352 Å². The van der Waals surface area contributed by atoms with Crippen LogP contribution in [0.15, 0.2) is 0 Å². The number of halogens is 4. The van der Waals surface area contributed by atoms with Crippen molar-refractivity contribution in [2.24, 2.45) is 0 Å². The van der Waals surface area contributed by atoms with Crippen LogP contribution in [-0.4, -0.2) is 150 Å². The molecule has 0 aromatic heterocycles. The molecule has 1 aromatic carbocycles. The molecule has 1 atom stereocenters. The molecule has 14 nitrogen and oxygen atoms in total. The zero-order valence-electron chi connectivity index (χ0n) is 37.7. The molecule has 1 aliphatic rings. The van der Waals surface area contributed by atoms with E-state index in [0.29, 0.717) is 13.1 Å². The van der Waals surface area contributed by atoms with Crippen LogP contribution in [0.4, 0.5) is 17.6 Å². The van der Waals surface area contributed by atoms with Gasteiger partial charge in [-0.15, -0.1) is 0 Å². The van der Waals surface area contributed by atoms with E-state index in [2.05, 4.69) is 0 Å². The summed E-state index contributed by atoms with van der Waals surface area (Å²) in [7, 11) is 0. The highest BCUT2D eigenvalue weighted by atomic mass is 19.2. The number of carbonyl (C=O) groups excluding carboxylic acids is 5. The summed E-state index contributed by atoms with van der Waals surface area (Å²) in [6, 6.07) is -1.18. The Bertz CT molecular complexity index is 1590. The monoisotopic (exact) mass is 862 g/mol. The second-order valence-corrected chi connectivity index (χ2v) is 18.9. The van der Waals surface area contributed by atoms with Crippen LogP contribution in [0.2, 0.25) is 0 Å². The molecule has 0 bridgehead atoms. The number of rotatable bonds is 12. The average Bonchev–Trinajstić information content (AvgIpc) is 3.05. The van der Waals surface area contributed by atoms with Gasteiger partial charge in [0, 0.05) is 64.3 Å². The van der Waals surface area contributed by atoms with Gasteiger partial charge in [-0.05, 0) is 96.4 Å². The number of ether oxygens (including phenoxy) is 5. The number of hydrogen-bond acceptors (Lipinski definition) is 14. The normalized spacial score (nSPS) is 16.9. The molecule has 1 aromatic rings. The first-order valence-electron chi connectivity index (χ1n) is 20.2. The summed E-state index contributed by atoms with van der Waals surface area (Å²) in [6.07, 6.45) is -0.915. The van der Waals surface area contributed by atoms with Crippen LogP contribution in [0.25, 0.3) is 0 Å². The molecule has 0 saturated carbocycles. The van der Waals surface area contributed by atoms with Gasteiger partial charge in [-0.1, -0.05) is 0 Å². The van der Waals surface area contributed by atoms with Gasteiger partial charge in [0.1, 0.15) is 28.4 Å². The van der Waals surface area contributed by atoms with Crippen molar-refractivity contribution in [1.29, 1.82) is 0 Å². The average molecular weight is 863 g/mol. The number of esters is 5. The number of carbonyl (C=O) groups is 5. The molecule has 2 rings (SSSR count). The maximum absolute atomic E-state index is 14.8. The zero-order valence-corrected chi connectivity index (χ0v) is 37.7. The summed E-state index contributed by atoms with van der Waals surface area (Å²) >= 11 is 0. The van der Waals surface area contributed by atoms with Crippen LogP contribution in [0, 0.1) is 30.2 Å². The van der Waals surface area contributed by atoms with Crippen molar-refractivity contribution >= 4 is 29.8 Å². The lowest BCUT2D eigenvalue weighted by Gasteiger charge is -2.37. The first kappa shape index (κ1) is 52.3. The van der Waals surface area contributed by atoms with Gasteiger partial charge in [-0.3, -0.25) is 43.6 Å². The SMILES string of the molecule is Cc1c(F)c(F)c(F)c(OC(=O)CC[C@H](C(=O)OC(C)(C)C)N2CCN(CC(=O)OC(C)(C)C)CCN(CC(=O)OC(C)(C)C)CCN(CC(=O)OC(C)(C)C)CC2)c1F. The molecule has 0 amide bonds. The highest BCUT2D eigenvalue weighted by Gasteiger charge is 2.34. The largest absolute Gasteiger partial charge is 0.459 e. The van der Waals surface area contributed by atoms with Gasteiger partial charge in [0.2, 0.25) is 11.6 Å². The predicted molar refractivity (Wildman–Crippen MR) is 214 cm³/mol. The lowest BCUT2D eigenvalue weighted by molar-refractivity contribution is -0.163. The summed E-state index contributed by atoms with van der Waals surface area (Å²) in [5.74, 6) is -12.3. The molecule has 0 radical (unpaired) electrons. The van der Waals surface area contributed by atoms with Crippen molar-refractivity contribution in [2.45, 2.75) is 131 Å². The molecule has 0 unspecified atom stereocenters. The van der Waals surface area contributed by atoms with E-state index in [1.807, 2.05) is 4.90 Å². The van der Waals surface area contributed by atoms with Crippen LogP contribution in [0.3, 0.4) is 0 Å². The quantitative estimate of drug-likeness (QED) is 0.0679. The van der Waals surface area contributed by atoms with E-state index in [0.717, 1.165) is 6.92 Å². The van der Waals surface area contributed by atoms with E-state index >= 15 is 0 Å². The van der Waals surface area contributed by atoms with Crippen molar-refractivity contribution in [2.75, 3.05) is 72.0 Å². The van der Waals surface area contributed by atoms with E-state index in [-0.39, 0.29) is 65.3 Å². The summed E-state index contributed by atoms with van der Waals surface area (Å²) in [5, 5.41) is 0. The third-order valence-electron chi connectivity index (χ3n) is 8.59. The Morgan fingerprint density at radius 1 is 0.500 bits per heavy atom. The molecule has 1 fully saturated rings. The fraction of sp³-hybridized carbons (Fsp3) is 0.738. The summed E-state index contributed by atoms with van der Waals surface area (Å²) in [4.78, 5) is 73.5. The van der Waals surface area contributed by atoms with Crippen molar-refractivity contribution in [3.63, 3.8) is 0 Å². The Kier molecular flexibility index (Phi) is 19.0.